The number of ketones is 1. The summed E-state index contributed by atoms with van der Waals surface area (Å²) in [5.74, 6) is -0.233. The fraction of sp³-hybridized carbons (Fsp3) is 0.0476. The zero-order valence-corrected chi connectivity index (χ0v) is 14.1. The van der Waals surface area contributed by atoms with Crippen molar-refractivity contribution in [3.05, 3.63) is 77.4 Å². The predicted molar refractivity (Wildman–Crippen MR) is 99.6 cm³/mol. The van der Waals surface area contributed by atoms with Gasteiger partial charge in [0.1, 0.15) is 11.5 Å². The third-order valence-corrected chi connectivity index (χ3v) is 4.27. The minimum absolute atomic E-state index is 0.213. The molecule has 6 nitrogen and oxygen atoms in total. The van der Waals surface area contributed by atoms with Gasteiger partial charge >= 0.3 is 0 Å². The summed E-state index contributed by atoms with van der Waals surface area (Å²) in [5.41, 5.74) is 4.40. The van der Waals surface area contributed by atoms with Crippen LogP contribution < -0.4 is 10.2 Å². The van der Waals surface area contributed by atoms with Crippen molar-refractivity contribution >= 4 is 28.2 Å². The standard InChI is InChI=1S/C21H13N3O3/c22-11-13-7-9-15(10-8-13)27-12-18(25)23-24-20-16-5-1-3-14-4-2-6-17(19(14)16)21(20)26/h1-10H,12H2,(H,23,25)/b24-20-. The number of hydrazone groups is 1. The summed E-state index contributed by atoms with van der Waals surface area (Å²) in [6, 6.07) is 19.5. The highest BCUT2D eigenvalue weighted by atomic mass is 16.5. The molecule has 0 spiro atoms. The van der Waals surface area contributed by atoms with E-state index >= 15 is 0 Å². The Bertz CT molecular complexity index is 1140. The van der Waals surface area contributed by atoms with Crippen LogP contribution in [0.4, 0.5) is 0 Å². The normalized spacial score (nSPS) is 13.6. The van der Waals surface area contributed by atoms with Crippen LogP contribution in [0.15, 0.2) is 65.8 Å². The third kappa shape index (κ3) is 3.02. The van der Waals surface area contributed by atoms with Crippen LogP contribution in [0.5, 0.6) is 5.75 Å². The molecule has 0 saturated carbocycles. The molecule has 0 saturated heterocycles. The molecule has 0 unspecified atom stereocenters. The second-order valence-electron chi connectivity index (χ2n) is 5.96. The first-order valence-corrected chi connectivity index (χ1v) is 8.23. The summed E-state index contributed by atoms with van der Waals surface area (Å²) in [6.45, 7) is -0.256. The lowest BCUT2D eigenvalue weighted by Gasteiger charge is -2.05. The number of ether oxygens (including phenoxy) is 1. The van der Waals surface area contributed by atoms with Crippen molar-refractivity contribution < 1.29 is 14.3 Å². The first-order chi connectivity index (χ1) is 13.2. The van der Waals surface area contributed by atoms with Gasteiger partial charge in [0.25, 0.3) is 5.91 Å². The van der Waals surface area contributed by atoms with Crippen molar-refractivity contribution in [3.63, 3.8) is 0 Å². The molecule has 0 atom stereocenters. The van der Waals surface area contributed by atoms with Crippen molar-refractivity contribution in [2.45, 2.75) is 0 Å². The van der Waals surface area contributed by atoms with E-state index in [9.17, 15) is 9.59 Å². The van der Waals surface area contributed by atoms with Crippen LogP contribution in [0.25, 0.3) is 10.8 Å². The lowest BCUT2D eigenvalue weighted by molar-refractivity contribution is -0.123. The number of nitriles is 1. The number of carbonyl (C=O) groups is 2. The van der Waals surface area contributed by atoms with Crippen molar-refractivity contribution in [1.29, 1.82) is 5.26 Å². The molecule has 1 aliphatic carbocycles. The molecule has 0 aliphatic heterocycles. The number of rotatable bonds is 4. The summed E-state index contributed by atoms with van der Waals surface area (Å²) in [6.07, 6.45) is 0. The van der Waals surface area contributed by atoms with Crippen molar-refractivity contribution in [2.24, 2.45) is 5.10 Å². The van der Waals surface area contributed by atoms with Gasteiger partial charge < -0.3 is 4.74 Å². The monoisotopic (exact) mass is 355 g/mol. The van der Waals surface area contributed by atoms with E-state index in [4.69, 9.17) is 10.00 Å². The molecule has 0 heterocycles. The van der Waals surface area contributed by atoms with Gasteiger partial charge in [-0.3, -0.25) is 9.59 Å². The summed E-state index contributed by atoms with van der Waals surface area (Å²) < 4.78 is 5.35. The molecule has 1 amide bonds. The summed E-state index contributed by atoms with van der Waals surface area (Å²) >= 11 is 0. The molecule has 4 rings (SSSR count). The zero-order chi connectivity index (χ0) is 18.8. The third-order valence-electron chi connectivity index (χ3n) is 4.27. The topological polar surface area (TPSA) is 91.5 Å². The number of hydrogen-bond acceptors (Lipinski definition) is 5. The maximum absolute atomic E-state index is 12.6. The van der Waals surface area contributed by atoms with E-state index < -0.39 is 5.91 Å². The molecule has 1 aliphatic rings. The largest absolute Gasteiger partial charge is 0.484 e. The van der Waals surface area contributed by atoms with Gasteiger partial charge in [-0.25, -0.2) is 5.43 Å². The van der Waals surface area contributed by atoms with Crippen molar-refractivity contribution in [1.82, 2.24) is 5.43 Å². The molecule has 3 aromatic rings. The molecular formula is C21H13N3O3. The van der Waals surface area contributed by atoms with Gasteiger partial charge in [0, 0.05) is 16.5 Å². The number of carbonyl (C=O) groups excluding carboxylic acids is 2. The van der Waals surface area contributed by atoms with Crippen LogP contribution in [0, 0.1) is 11.3 Å². The fourth-order valence-corrected chi connectivity index (χ4v) is 3.01. The highest BCUT2D eigenvalue weighted by Gasteiger charge is 2.28. The number of amides is 1. The highest BCUT2D eigenvalue weighted by Crippen LogP contribution is 2.30. The lowest BCUT2D eigenvalue weighted by atomic mass is 10.1. The van der Waals surface area contributed by atoms with E-state index in [1.807, 2.05) is 36.4 Å². The number of benzene rings is 3. The molecular weight excluding hydrogens is 342 g/mol. The maximum Gasteiger partial charge on any atom is 0.277 e. The second kappa shape index (κ2) is 6.73. The van der Waals surface area contributed by atoms with Crippen LogP contribution in [-0.2, 0) is 4.79 Å². The van der Waals surface area contributed by atoms with Gasteiger partial charge in [-0.1, -0.05) is 36.4 Å². The van der Waals surface area contributed by atoms with E-state index in [1.165, 1.54) is 0 Å². The lowest BCUT2D eigenvalue weighted by Crippen LogP contribution is -2.27. The Morgan fingerprint density at radius 3 is 2.44 bits per heavy atom. The number of Topliss-reactive ketones (excluding diaryl/α,β-unsaturated/α-hetero) is 1. The van der Waals surface area contributed by atoms with E-state index in [-0.39, 0.29) is 18.1 Å². The van der Waals surface area contributed by atoms with Crippen molar-refractivity contribution in [3.8, 4) is 11.8 Å². The van der Waals surface area contributed by atoms with Gasteiger partial charge in [-0.2, -0.15) is 10.4 Å². The Kier molecular flexibility index (Phi) is 4.11. The number of nitrogens with zero attached hydrogens (tertiary/aromatic N) is 2. The number of hydrogen-bond donors (Lipinski definition) is 1. The first-order valence-electron chi connectivity index (χ1n) is 8.23. The Hall–Kier alpha value is -3.98. The average Bonchev–Trinajstić information content (AvgIpc) is 2.99. The van der Waals surface area contributed by atoms with E-state index in [0.717, 1.165) is 10.8 Å². The Morgan fingerprint density at radius 1 is 1.04 bits per heavy atom. The van der Waals surface area contributed by atoms with E-state index in [1.54, 1.807) is 30.3 Å². The van der Waals surface area contributed by atoms with Crippen LogP contribution in [0.1, 0.15) is 21.5 Å². The van der Waals surface area contributed by atoms with Gasteiger partial charge in [-0.05, 0) is 29.7 Å². The highest BCUT2D eigenvalue weighted by molar-refractivity contribution is 6.59. The molecule has 1 N–H and O–H groups in total. The minimum atomic E-state index is -0.484. The van der Waals surface area contributed by atoms with Crippen LogP contribution in [-0.4, -0.2) is 24.0 Å². The Balaban J connectivity index is 1.47. The molecule has 27 heavy (non-hydrogen) atoms. The molecule has 0 fully saturated rings. The molecule has 130 valence electrons. The SMILES string of the molecule is N#Cc1ccc(OCC(=O)N/N=C2\C(=O)c3cccc4cccc2c34)cc1. The summed E-state index contributed by atoms with van der Waals surface area (Å²) in [5, 5.41) is 14.6. The first kappa shape index (κ1) is 16.5. The van der Waals surface area contributed by atoms with Crippen LogP contribution in [0.3, 0.4) is 0 Å². The van der Waals surface area contributed by atoms with E-state index in [0.29, 0.717) is 22.4 Å². The molecule has 0 bridgehead atoms. The predicted octanol–water partition coefficient (Wildman–Crippen LogP) is 2.81. The maximum atomic E-state index is 12.6. The summed E-state index contributed by atoms with van der Waals surface area (Å²) in [4.78, 5) is 24.6. The molecule has 0 aromatic heterocycles. The molecule has 3 aromatic carbocycles. The minimum Gasteiger partial charge on any atom is -0.484 e. The van der Waals surface area contributed by atoms with Crippen LogP contribution >= 0.6 is 0 Å². The second-order valence-corrected chi connectivity index (χ2v) is 5.96. The zero-order valence-electron chi connectivity index (χ0n) is 14.1. The van der Waals surface area contributed by atoms with Gasteiger partial charge in [0.05, 0.1) is 11.6 Å². The van der Waals surface area contributed by atoms with Gasteiger partial charge in [-0.15, -0.1) is 0 Å². The van der Waals surface area contributed by atoms with Gasteiger partial charge in [0.15, 0.2) is 6.61 Å². The average molecular weight is 355 g/mol. The van der Waals surface area contributed by atoms with Crippen LogP contribution in [0.2, 0.25) is 0 Å². The van der Waals surface area contributed by atoms with Gasteiger partial charge in [0.2, 0.25) is 5.78 Å². The smallest absolute Gasteiger partial charge is 0.277 e. The van der Waals surface area contributed by atoms with E-state index in [2.05, 4.69) is 10.5 Å². The molecule has 6 heteroatoms. The Morgan fingerprint density at radius 2 is 1.74 bits per heavy atom. The fourth-order valence-electron chi connectivity index (χ4n) is 3.01. The Labute approximate surface area is 154 Å². The summed E-state index contributed by atoms with van der Waals surface area (Å²) in [7, 11) is 0. The number of nitrogens with one attached hydrogen (secondary N) is 1. The van der Waals surface area contributed by atoms with Crippen molar-refractivity contribution in [2.75, 3.05) is 6.61 Å². The quantitative estimate of drug-likeness (QED) is 0.729. The molecule has 0 radical (unpaired) electrons.